The number of anilines is 1. The Balaban J connectivity index is 2.22. The predicted octanol–water partition coefficient (Wildman–Crippen LogP) is 4.17. The van der Waals surface area contributed by atoms with Gasteiger partial charge < -0.3 is 14.8 Å². The third-order valence-electron chi connectivity index (χ3n) is 5.21. The second kappa shape index (κ2) is 10.7. The molecule has 0 aliphatic rings. The Bertz CT molecular complexity index is 1030. The summed E-state index contributed by atoms with van der Waals surface area (Å²) >= 11 is 0. The summed E-state index contributed by atoms with van der Waals surface area (Å²) in [7, 11) is -2.01. The Morgan fingerprint density at radius 3 is 2.22 bits per heavy atom. The number of aryl methyl sites for hydroxylation is 1. The predicted molar refractivity (Wildman–Crippen MR) is 128 cm³/mol. The first-order valence-corrected chi connectivity index (χ1v) is 12.5. The van der Waals surface area contributed by atoms with E-state index < -0.39 is 15.9 Å². The molecule has 0 heterocycles. The molecule has 176 valence electrons. The maximum absolute atomic E-state index is 12.8. The zero-order valence-corrected chi connectivity index (χ0v) is 20.7. The monoisotopic (exact) mass is 462 g/mol. The number of carbonyl (C=O) groups excluding carboxylic acids is 1. The van der Waals surface area contributed by atoms with Crippen LogP contribution < -0.4 is 19.1 Å². The number of hydrogen-bond donors (Lipinski definition) is 1. The van der Waals surface area contributed by atoms with Gasteiger partial charge in [0.25, 0.3) is 0 Å². The highest BCUT2D eigenvalue weighted by atomic mass is 32.2. The van der Waals surface area contributed by atoms with Gasteiger partial charge in [-0.05, 0) is 79.8 Å². The number of carbonyl (C=O) groups is 1. The van der Waals surface area contributed by atoms with Crippen LogP contribution >= 0.6 is 0 Å². The quantitative estimate of drug-likeness (QED) is 0.573. The molecule has 0 aliphatic heterocycles. The lowest BCUT2D eigenvalue weighted by Crippen LogP contribution is -2.41. The fourth-order valence-corrected chi connectivity index (χ4v) is 4.44. The number of ether oxygens (including phenoxy) is 2. The van der Waals surface area contributed by atoms with Crippen molar-refractivity contribution in [2.45, 2.75) is 46.6 Å². The highest BCUT2D eigenvalue weighted by molar-refractivity contribution is 7.92. The van der Waals surface area contributed by atoms with Crippen molar-refractivity contribution >= 4 is 21.6 Å². The Morgan fingerprint density at radius 1 is 1.09 bits per heavy atom. The topological polar surface area (TPSA) is 84.9 Å². The fraction of sp³-hybridized carbons (Fsp3) is 0.458. The molecule has 7 nitrogen and oxygen atoms in total. The molecule has 8 heteroatoms. The van der Waals surface area contributed by atoms with Gasteiger partial charge in [0.15, 0.2) is 0 Å². The van der Waals surface area contributed by atoms with Crippen LogP contribution in [0.2, 0.25) is 0 Å². The summed E-state index contributed by atoms with van der Waals surface area (Å²) in [6.07, 6.45) is 1.09. The van der Waals surface area contributed by atoms with Crippen molar-refractivity contribution in [1.29, 1.82) is 0 Å². The molecule has 1 N–H and O–H groups in total. The molecule has 0 aromatic heterocycles. The molecule has 2 aromatic carbocycles. The summed E-state index contributed by atoms with van der Waals surface area (Å²) in [4.78, 5) is 12.8. The molecule has 1 atom stereocenters. The van der Waals surface area contributed by atoms with Crippen LogP contribution in [0.15, 0.2) is 36.4 Å². The van der Waals surface area contributed by atoms with Gasteiger partial charge in [-0.15, -0.1) is 0 Å². The number of benzene rings is 2. The van der Waals surface area contributed by atoms with E-state index in [0.29, 0.717) is 18.0 Å². The van der Waals surface area contributed by atoms with Crippen LogP contribution in [0.4, 0.5) is 5.69 Å². The largest absolute Gasteiger partial charge is 0.496 e. The smallest absolute Gasteiger partial charge is 0.241 e. The summed E-state index contributed by atoms with van der Waals surface area (Å²) < 4.78 is 36.7. The van der Waals surface area contributed by atoms with Crippen molar-refractivity contribution in [2.75, 3.05) is 30.8 Å². The number of methoxy groups -OCH3 is 1. The van der Waals surface area contributed by atoms with Crippen LogP contribution in [0.1, 0.15) is 56.3 Å². The van der Waals surface area contributed by atoms with Gasteiger partial charge in [0.05, 0.1) is 31.7 Å². The van der Waals surface area contributed by atoms with Gasteiger partial charge in [0, 0.05) is 0 Å². The highest BCUT2D eigenvalue weighted by Crippen LogP contribution is 2.32. The van der Waals surface area contributed by atoms with Crippen molar-refractivity contribution in [2.24, 2.45) is 0 Å². The van der Waals surface area contributed by atoms with Crippen molar-refractivity contribution in [1.82, 2.24) is 5.32 Å². The maximum Gasteiger partial charge on any atom is 0.241 e. The molecule has 0 saturated carbocycles. The van der Waals surface area contributed by atoms with Crippen molar-refractivity contribution in [3.8, 4) is 11.5 Å². The minimum Gasteiger partial charge on any atom is -0.496 e. The van der Waals surface area contributed by atoms with Crippen LogP contribution in [-0.2, 0) is 14.8 Å². The molecule has 0 fully saturated rings. The summed E-state index contributed by atoms with van der Waals surface area (Å²) in [6, 6.07) is 10.3. The average molecular weight is 463 g/mol. The summed E-state index contributed by atoms with van der Waals surface area (Å²) in [5.41, 5.74) is 3.42. The number of nitrogens with zero attached hydrogens (tertiary/aromatic N) is 1. The highest BCUT2D eigenvalue weighted by Gasteiger charge is 2.23. The minimum atomic E-state index is -3.66. The lowest BCUT2D eigenvalue weighted by atomic mass is 9.93. The Labute approximate surface area is 191 Å². The van der Waals surface area contributed by atoms with Gasteiger partial charge in [-0.3, -0.25) is 9.10 Å². The molecular weight excluding hydrogens is 428 g/mol. The van der Waals surface area contributed by atoms with E-state index in [9.17, 15) is 13.2 Å². The molecule has 0 unspecified atom stereocenters. The van der Waals surface area contributed by atoms with Crippen molar-refractivity contribution in [3.63, 3.8) is 0 Å². The number of hydrogen-bond acceptors (Lipinski definition) is 5. The standard InChI is InChI=1S/C24H34N2O5S/c1-8-31-20-11-9-19(10-12-20)26(32(7,28)29)15-24(27)25-18(5)22-14-21(16(2)3)23(30-6)13-17(22)4/h9-14,16,18H,8,15H2,1-7H3,(H,25,27)/t18-/m0/s1. The van der Waals surface area contributed by atoms with Crippen LogP contribution in [0.25, 0.3) is 0 Å². The van der Waals surface area contributed by atoms with E-state index in [1.54, 1.807) is 31.4 Å². The van der Waals surface area contributed by atoms with Crippen LogP contribution in [0.5, 0.6) is 11.5 Å². The van der Waals surface area contributed by atoms with E-state index in [0.717, 1.165) is 33.0 Å². The van der Waals surface area contributed by atoms with Crippen LogP contribution in [0.3, 0.4) is 0 Å². The van der Waals surface area contributed by atoms with Crippen molar-refractivity contribution in [3.05, 3.63) is 53.1 Å². The van der Waals surface area contributed by atoms with E-state index in [1.165, 1.54) is 0 Å². The lowest BCUT2D eigenvalue weighted by molar-refractivity contribution is -0.120. The summed E-state index contributed by atoms with van der Waals surface area (Å²) in [6.45, 7) is 10.1. The zero-order chi connectivity index (χ0) is 24.1. The number of sulfonamides is 1. The first kappa shape index (κ1) is 25.5. The van der Waals surface area contributed by atoms with E-state index in [4.69, 9.17) is 9.47 Å². The second-order valence-electron chi connectivity index (χ2n) is 8.09. The van der Waals surface area contributed by atoms with E-state index >= 15 is 0 Å². The van der Waals surface area contributed by atoms with Gasteiger partial charge in [-0.25, -0.2) is 8.42 Å². The Kier molecular flexibility index (Phi) is 8.55. The van der Waals surface area contributed by atoms with Crippen LogP contribution in [0, 0.1) is 6.92 Å². The van der Waals surface area contributed by atoms with Crippen molar-refractivity contribution < 1.29 is 22.7 Å². The van der Waals surface area contributed by atoms with E-state index in [-0.39, 0.29) is 18.5 Å². The van der Waals surface area contributed by atoms with Crippen LogP contribution in [-0.4, -0.2) is 40.8 Å². The first-order chi connectivity index (χ1) is 15.0. The molecule has 1 amide bonds. The normalized spacial score (nSPS) is 12.4. The minimum absolute atomic E-state index is 0.257. The van der Waals surface area contributed by atoms with Gasteiger partial charge in [0.1, 0.15) is 18.0 Å². The fourth-order valence-electron chi connectivity index (χ4n) is 3.58. The molecule has 2 rings (SSSR count). The molecular formula is C24H34N2O5S. The van der Waals surface area contributed by atoms with E-state index in [1.807, 2.05) is 32.9 Å². The molecule has 0 aliphatic carbocycles. The van der Waals surface area contributed by atoms with Gasteiger partial charge in [-0.1, -0.05) is 13.8 Å². The number of rotatable bonds is 10. The Hall–Kier alpha value is -2.74. The lowest BCUT2D eigenvalue weighted by Gasteiger charge is -2.24. The molecule has 0 radical (unpaired) electrons. The molecule has 0 spiro atoms. The second-order valence-corrected chi connectivity index (χ2v) is 10.00. The number of amides is 1. The zero-order valence-electron chi connectivity index (χ0n) is 19.9. The molecule has 32 heavy (non-hydrogen) atoms. The molecule has 0 saturated heterocycles. The Morgan fingerprint density at radius 2 is 1.72 bits per heavy atom. The van der Waals surface area contributed by atoms with Gasteiger partial charge in [0.2, 0.25) is 15.9 Å². The molecule has 2 aromatic rings. The third-order valence-corrected chi connectivity index (χ3v) is 6.35. The molecule has 0 bridgehead atoms. The van der Waals surface area contributed by atoms with E-state index in [2.05, 4.69) is 19.2 Å². The summed E-state index contributed by atoms with van der Waals surface area (Å²) in [5.74, 6) is 1.32. The maximum atomic E-state index is 12.8. The average Bonchev–Trinajstić information content (AvgIpc) is 2.71. The van der Waals surface area contributed by atoms with Gasteiger partial charge in [-0.2, -0.15) is 0 Å². The summed E-state index contributed by atoms with van der Waals surface area (Å²) in [5, 5.41) is 2.93. The first-order valence-electron chi connectivity index (χ1n) is 10.7. The third kappa shape index (κ3) is 6.38. The number of nitrogens with one attached hydrogen (secondary N) is 1. The van der Waals surface area contributed by atoms with Gasteiger partial charge >= 0.3 is 0 Å². The SMILES string of the molecule is CCOc1ccc(N(CC(=O)N[C@@H](C)c2cc(C(C)C)c(OC)cc2C)S(C)(=O)=O)cc1.